The van der Waals surface area contributed by atoms with Gasteiger partial charge in [0, 0.05) is 6.42 Å². The van der Waals surface area contributed by atoms with E-state index in [0.717, 1.165) is 6.42 Å². The van der Waals surface area contributed by atoms with Crippen LogP contribution >= 0.6 is 0 Å². The van der Waals surface area contributed by atoms with Crippen LogP contribution in [-0.2, 0) is 19.1 Å². The van der Waals surface area contributed by atoms with Crippen LogP contribution < -0.4 is 10.6 Å². The molecular formula is C16H26N2O5. The lowest BCUT2D eigenvalue weighted by Crippen LogP contribution is -2.51. The van der Waals surface area contributed by atoms with Crippen LogP contribution in [0.5, 0.6) is 0 Å². The minimum Gasteiger partial charge on any atom is -0.463 e. The molecule has 0 saturated carbocycles. The number of urea groups is 1. The molecule has 130 valence electrons. The predicted molar refractivity (Wildman–Crippen MR) is 84.4 cm³/mol. The summed E-state index contributed by atoms with van der Waals surface area (Å²) in [5.74, 6) is -0.463. The van der Waals surface area contributed by atoms with Gasteiger partial charge in [-0.2, -0.15) is 0 Å². The number of ether oxygens (including phenoxy) is 2. The van der Waals surface area contributed by atoms with E-state index in [-0.39, 0.29) is 24.9 Å². The van der Waals surface area contributed by atoms with Crippen LogP contribution in [0.1, 0.15) is 47.0 Å². The normalized spacial score (nSPS) is 17.6. The lowest BCUT2D eigenvalue weighted by Gasteiger charge is -2.28. The Balaban J connectivity index is 2.83. The molecular weight excluding hydrogens is 300 g/mol. The summed E-state index contributed by atoms with van der Waals surface area (Å²) in [7, 11) is 0. The smallest absolute Gasteiger partial charge is 0.338 e. The summed E-state index contributed by atoms with van der Waals surface area (Å²) < 4.78 is 10.2. The molecule has 0 saturated heterocycles. The fourth-order valence-corrected chi connectivity index (χ4v) is 2.21. The van der Waals surface area contributed by atoms with Crippen LogP contribution in [0, 0.1) is 5.92 Å². The Kier molecular flexibility index (Phi) is 7.57. The summed E-state index contributed by atoms with van der Waals surface area (Å²) in [6.45, 7) is 7.69. The highest BCUT2D eigenvalue weighted by Crippen LogP contribution is 2.17. The molecule has 0 aromatic rings. The third kappa shape index (κ3) is 5.92. The van der Waals surface area contributed by atoms with Crippen molar-refractivity contribution in [3.8, 4) is 0 Å². The molecule has 7 heteroatoms. The van der Waals surface area contributed by atoms with Gasteiger partial charge in [0.2, 0.25) is 0 Å². The summed E-state index contributed by atoms with van der Waals surface area (Å²) >= 11 is 0. The number of carbonyl (C=O) groups excluding carboxylic acids is 3. The zero-order valence-corrected chi connectivity index (χ0v) is 14.2. The average Bonchev–Trinajstić information content (AvgIpc) is 2.50. The van der Waals surface area contributed by atoms with Gasteiger partial charge in [-0.05, 0) is 25.7 Å². The van der Waals surface area contributed by atoms with Crippen molar-refractivity contribution in [2.24, 2.45) is 5.92 Å². The van der Waals surface area contributed by atoms with Crippen LogP contribution in [0.4, 0.5) is 4.79 Å². The van der Waals surface area contributed by atoms with Crippen molar-refractivity contribution in [1.82, 2.24) is 10.6 Å². The number of amides is 2. The molecule has 0 fully saturated rings. The van der Waals surface area contributed by atoms with Gasteiger partial charge in [-0.1, -0.05) is 20.8 Å². The molecule has 2 amide bonds. The molecule has 23 heavy (non-hydrogen) atoms. The van der Waals surface area contributed by atoms with Gasteiger partial charge in [-0.15, -0.1) is 0 Å². The van der Waals surface area contributed by atoms with Crippen molar-refractivity contribution in [2.75, 3.05) is 13.2 Å². The van der Waals surface area contributed by atoms with Crippen molar-refractivity contribution in [3.63, 3.8) is 0 Å². The number of nitrogens with one attached hydrogen (secondary N) is 2. The first-order chi connectivity index (χ1) is 10.9. The zero-order chi connectivity index (χ0) is 17.4. The molecule has 1 heterocycles. The lowest BCUT2D eigenvalue weighted by atomic mass is 10.0. The molecule has 1 aliphatic heterocycles. The Morgan fingerprint density at radius 2 is 1.91 bits per heavy atom. The fraction of sp³-hybridized carbons (Fsp3) is 0.688. The molecule has 0 bridgehead atoms. The van der Waals surface area contributed by atoms with Crippen molar-refractivity contribution < 1.29 is 23.9 Å². The third-order valence-electron chi connectivity index (χ3n) is 3.45. The van der Waals surface area contributed by atoms with Gasteiger partial charge in [-0.3, -0.25) is 4.79 Å². The number of esters is 2. The monoisotopic (exact) mass is 326 g/mol. The molecule has 0 spiro atoms. The van der Waals surface area contributed by atoms with Crippen molar-refractivity contribution in [3.05, 3.63) is 11.3 Å². The molecule has 0 aromatic carbocycles. The maximum atomic E-state index is 12.1. The van der Waals surface area contributed by atoms with E-state index in [4.69, 9.17) is 9.47 Å². The second-order valence-corrected chi connectivity index (χ2v) is 5.77. The Hall–Kier alpha value is -2.05. The van der Waals surface area contributed by atoms with Gasteiger partial charge in [-0.25, -0.2) is 9.59 Å². The van der Waals surface area contributed by atoms with Crippen LogP contribution in [0.2, 0.25) is 0 Å². The van der Waals surface area contributed by atoms with Crippen molar-refractivity contribution in [2.45, 2.75) is 53.0 Å². The Labute approximate surface area is 136 Å². The molecule has 7 nitrogen and oxygen atoms in total. The van der Waals surface area contributed by atoms with Gasteiger partial charge in [0.05, 0.1) is 23.9 Å². The topological polar surface area (TPSA) is 93.7 Å². The minimum atomic E-state index is -0.514. The van der Waals surface area contributed by atoms with E-state index in [0.29, 0.717) is 24.3 Å². The van der Waals surface area contributed by atoms with Crippen LogP contribution in [0.3, 0.4) is 0 Å². The SMILES string of the molecule is CCOC(=O)C1=C(COC(=O)CCC(C)C)NC(=O)N[C@@H]1CC. The van der Waals surface area contributed by atoms with E-state index in [1.54, 1.807) is 6.92 Å². The van der Waals surface area contributed by atoms with Gasteiger partial charge in [0.1, 0.15) is 6.61 Å². The minimum absolute atomic E-state index is 0.144. The standard InChI is InChI=1S/C16H26N2O5/c1-5-11-14(15(20)22-6-2)12(18-16(21)17-11)9-23-13(19)8-7-10(3)4/h10-11H,5-9H2,1-4H3,(H2,17,18,21)/t11-/m1/s1. The largest absolute Gasteiger partial charge is 0.463 e. The molecule has 1 rings (SSSR count). The molecule has 0 unspecified atom stereocenters. The first-order valence-electron chi connectivity index (χ1n) is 8.02. The average molecular weight is 326 g/mol. The van der Waals surface area contributed by atoms with E-state index < -0.39 is 18.0 Å². The molecule has 2 N–H and O–H groups in total. The van der Waals surface area contributed by atoms with Crippen molar-refractivity contribution >= 4 is 18.0 Å². The number of carbonyl (C=O) groups is 3. The molecule has 0 aliphatic carbocycles. The summed E-state index contributed by atoms with van der Waals surface area (Å²) in [6, 6.07) is -0.870. The van der Waals surface area contributed by atoms with Gasteiger partial charge in [0.15, 0.2) is 0 Å². The Morgan fingerprint density at radius 1 is 1.22 bits per heavy atom. The zero-order valence-electron chi connectivity index (χ0n) is 14.2. The highest BCUT2D eigenvalue weighted by molar-refractivity contribution is 5.94. The lowest BCUT2D eigenvalue weighted by molar-refractivity contribution is -0.144. The Morgan fingerprint density at radius 3 is 2.48 bits per heavy atom. The van der Waals surface area contributed by atoms with E-state index in [1.807, 2.05) is 20.8 Å². The molecule has 0 aromatic heterocycles. The highest BCUT2D eigenvalue weighted by Gasteiger charge is 2.31. The van der Waals surface area contributed by atoms with Crippen LogP contribution in [-0.4, -0.2) is 37.2 Å². The molecule has 0 radical (unpaired) electrons. The maximum absolute atomic E-state index is 12.1. The summed E-state index contributed by atoms with van der Waals surface area (Å²) in [5, 5.41) is 5.21. The van der Waals surface area contributed by atoms with E-state index in [2.05, 4.69) is 10.6 Å². The summed E-state index contributed by atoms with van der Waals surface area (Å²) in [5.41, 5.74) is 0.600. The number of hydrogen-bond acceptors (Lipinski definition) is 5. The first kappa shape index (κ1) is 19.0. The molecule has 1 aliphatic rings. The fourth-order valence-electron chi connectivity index (χ4n) is 2.21. The summed E-state index contributed by atoms with van der Waals surface area (Å²) in [6.07, 6.45) is 1.57. The molecule has 1 atom stereocenters. The second kappa shape index (κ2) is 9.17. The Bertz CT molecular complexity index is 485. The quantitative estimate of drug-likeness (QED) is 0.664. The van der Waals surface area contributed by atoms with Gasteiger partial charge >= 0.3 is 18.0 Å². The number of hydrogen-bond donors (Lipinski definition) is 2. The maximum Gasteiger partial charge on any atom is 0.338 e. The second-order valence-electron chi connectivity index (χ2n) is 5.77. The first-order valence-corrected chi connectivity index (χ1v) is 8.02. The number of rotatable bonds is 8. The van der Waals surface area contributed by atoms with E-state index in [1.165, 1.54) is 0 Å². The third-order valence-corrected chi connectivity index (χ3v) is 3.45. The highest BCUT2D eigenvalue weighted by atomic mass is 16.5. The van der Waals surface area contributed by atoms with Gasteiger partial charge < -0.3 is 20.1 Å². The van der Waals surface area contributed by atoms with Crippen molar-refractivity contribution in [1.29, 1.82) is 0 Å². The van der Waals surface area contributed by atoms with E-state index in [9.17, 15) is 14.4 Å². The van der Waals surface area contributed by atoms with Gasteiger partial charge in [0.25, 0.3) is 0 Å². The predicted octanol–water partition coefficient (Wildman–Crippen LogP) is 1.87. The van der Waals surface area contributed by atoms with Crippen LogP contribution in [0.15, 0.2) is 11.3 Å². The van der Waals surface area contributed by atoms with Crippen LogP contribution in [0.25, 0.3) is 0 Å². The van der Waals surface area contributed by atoms with E-state index >= 15 is 0 Å². The summed E-state index contributed by atoms with van der Waals surface area (Å²) in [4.78, 5) is 35.5.